The van der Waals surface area contributed by atoms with Gasteiger partial charge in [0.1, 0.15) is 11.2 Å². The molecule has 1 nitrogen and oxygen atoms in total. The van der Waals surface area contributed by atoms with Crippen LogP contribution in [0, 0.1) is 0 Å². The quantitative estimate of drug-likeness (QED) is 0.252. The van der Waals surface area contributed by atoms with Crippen molar-refractivity contribution in [3.63, 3.8) is 0 Å². The molecule has 32 heavy (non-hydrogen) atoms. The monoisotopic (exact) mass is 448 g/mol. The first-order valence-corrected chi connectivity index (χ1v) is 12.7. The molecule has 0 unspecified atom stereocenters. The Balaban J connectivity index is 1.56. The molecule has 0 atom stereocenters. The Morgan fingerprint density at radius 2 is 1.38 bits per heavy atom. The van der Waals surface area contributed by atoms with E-state index in [2.05, 4.69) is 93.6 Å². The highest BCUT2D eigenvalue weighted by Gasteiger charge is 2.39. The summed E-state index contributed by atoms with van der Waals surface area (Å²) in [4.78, 5) is 5.37. The van der Waals surface area contributed by atoms with Crippen molar-refractivity contribution in [1.82, 2.24) is 0 Å². The summed E-state index contributed by atoms with van der Waals surface area (Å²) >= 11 is 3.78. The number of rotatable bonds is 0. The third-order valence-electron chi connectivity index (χ3n) is 6.75. The molecule has 3 heterocycles. The molecule has 4 aromatic carbocycles. The van der Waals surface area contributed by atoms with Gasteiger partial charge in [-0.25, -0.2) is 0 Å². The van der Waals surface area contributed by atoms with Crippen molar-refractivity contribution in [3.05, 3.63) is 78.4 Å². The highest BCUT2D eigenvalue weighted by atomic mass is 32.2. The first-order chi connectivity index (χ1) is 15.5. The second-order valence-electron chi connectivity index (χ2n) is 9.74. The predicted octanol–water partition coefficient (Wildman–Crippen LogP) is 6.33. The Kier molecular flexibility index (Phi) is 3.85. The molecule has 1 aromatic heterocycles. The van der Waals surface area contributed by atoms with E-state index in [1.807, 2.05) is 23.5 Å². The van der Waals surface area contributed by atoms with Crippen molar-refractivity contribution < 1.29 is 4.42 Å². The van der Waals surface area contributed by atoms with Gasteiger partial charge in [0.05, 0.1) is 4.90 Å². The third kappa shape index (κ3) is 2.51. The summed E-state index contributed by atoms with van der Waals surface area (Å²) < 4.78 is 6.73. The van der Waals surface area contributed by atoms with Crippen molar-refractivity contribution in [2.45, 2.75) is 45.8 Å². The summed E-state index contributed by atoms with van der Waals surface area (Å²) in [5, 5.41) is 2.44. The van der Waals surface area contributed by atoms with E-state index in [0.29, 0.717) is 0 Å². The van der Waals surface area contributed by atoms with Crippen molar-refractivity contribution in [2.24, 2.45) is 0 Å². The number of fused-ring (bicyclic) bond motifs is 8. The first-order valence-electron chi connectivity index (χ1n) is 11.1. The Morgan fingerprint density at radius 1 is 0.656 bits per heavy atom. The number of furan rings is 1. The van der Waals surface area contributed by atoms with Crippen molar-refractivity contribution in [3.8, 4) is 0 Å². The zero-order chi connectivity index (χ0) is 21.6. The van der Waals surface area contributed by atoms with E-state index in [-0.39, 0.29) is 12.1 Å². The molecule has 0 bridgehead atoms. The molecule has 7 rings (SSSR count). The largest absolute Gasteiger partial charge is 0.455 e. The van der Waals surface area contributed by atoms with Gasteiger partial charge >= 0.3 is 0 Å². The maximum absolute atomic E-state index is 6.73. The zero-order valence-electron chi connectivity index (χ0n) is 18.2. The molecule has 0 saturated carbocycles. The lowest BCUT2D eigenvalue weighted by Gasteiger charge is -2.32. The van der Waals surface area contributed by atoms with Crippen LogP contribution < -0.4 is 16.4 Å². The highest BCUT2D eigenvalue weighted by molar-refractivity contribution is 8.01. The van der Waals surface area contributed by atoms with Crippen molar-refractivity contribution >= 4 is 68.6 Å². The van der Waals surface area contributed by atoms with Crippen LogP contribution in [-0.4, -0.2) is 6.71 Å². The second kappa shape index (κ2) is 6.49. The van der Waals surface area contributed by atoms with E-state index in [9.17, 15) is 0 Å². The summed E-state index contributed by atoms with van der Waals surface area (Å²) in [6, 6.07) is 26.8. The molecule has 5 aromatic rings. The summed E-state index contributed by atoms with van der Waals surface area (Å²) in [7, 11) is 0. The normalized spacial score (nSPS) is 14.4. The van der Waals surface area contributed by atoms with E-state index in [0.717, 1.165) is 11.2 Å². The fraction of sp³-hybridized carbons (Fsp3) is 0.143. The molecular formula is C28H21BOS2. The predicted molar refractivity (Wildman–Crippen MR) is 138 cm³/mol. The molecule has 0 aliphatic carbocycles. The van der Waals surface area contributed by atoms with E-state index in [1.165, 1.54) is 52.3 Å². The minimum absolute atomic E-state index is 0.0294. The van der Waals surface area contributed by atoms with E-state index < -0.39 is 0 Å². The third-order valence-corrected chi connectivity index (χ3v) is 9.12. The van der Waals surface area contributed by atoms with Crippen LogP contribution >= 0.6 is 23.5 Å². The molecule has 0 spiro atoms. The summed E-state index contributed by atoms with van der Waals surface area (Å²) in [5.41, 5.74) is 7.59. The van der Waals surface area contributed by atoms with Crippen LogP contribution in [0.3, 0.4) is 0 Å². The maximum Gasteiger partial charge on any atom is 0.247 e. The van der Waals surface area contributed by atoms with Crippen molar-refractivity contribution in [2.75, 3.05) is 0 Å². The summed E-state index contributed by atoms with van der Waals surface area (Å²) in [6.07, 6.45) is 0. The maximum atomic E-state index is 6.73. The van der Waals surface area contributed by atoms with E-state index in [4.69, 9.17) is 4.42 Å². The Morgan fingerprint density at radius 3 is 2.22 bits per heavy atom. The van der Waals surface area contributed by atoms with Crippen LogP contribution in [0.2, 0.25) is 0 Å². The van der Waals surface area contributed by atoms with Gasteiger partial charge in [0.25, 0.3) is 0 Å². The molecule has 0 saturated heterocycles. The molecule has 0 radical (unpaired) electrons. The zero-order valence-corrected chi connectivity index (χ0v) is 19.9. The molecular weight excluding hydrogens is 427 g/mol. The standard InChI is InChI=1S/C28H21BOS2/c1-28(2,3)18-9-6-8-16-17-14-15-20-27(26(17)30-25(16)18)32-23-13-7-12-22-24(23)29(20)19-10-4-5-11-21(19)31-22/h4-15H,1-3H3. The van der Waals surface area contributed by atoms with Crippen LogP contribution in [0.5, 0.6) is 0 Å². The van der Waals surface area contributed by atoms with Crippen LogP contribution in [0.4, 0.5) is 0 Å². The highest BCUT2D eigenvalue weighted by Crippen LogP contribution is 2.44. The van der Waals surface area contributed by atoms with Crippen LogP contribution in [0.15, 0.2) is 96.8 Å². The first kappa shape index (κ1) is 19.0. The van der Waals surface area contributed by atoms with Gasteiger partial charge in [-0.2, -0.15) is 0 Å². The van der Waals surface area contributed by atoms with E-state index in [1.54, 1.807) is 0 Å². The van der Waals surface area contributed by atoms with Gasteiger partial charge in [-0.3, -0.25) is 0 Å². The van der Waals surface area contributed by atoms with Crippen LogP contribution in [0.25, 0.3) is 21.9 Å². The van der Waals surface area contributed by atoms with Crippen LogP contribution in [0.1, 0.15) is 26.3 Å². The number of hydrogen-bond acceptors (Lipinski definition) is 3. The fourth-order valence-corrected chi connectivity index (χ4v) is 7.77. The average molecular weight is 448 g/mol. The molecule has 154 valence electrons. The van der Waals surface area contributed by atoms with Gasteiger partial charge in [0, 0.05) is 31.0 Å². The van der Waals surface area contributed by atoms with Gasteiger partial charge in [-0.1, -0.05) is 110 Å². The van der Waals surface area contributed by atoms with Gasteiger partial charge in [0.15, 0.2) is 0 Å². The molecule has 0 amide bonds. The minimum atomic E-state index is 0.0294. The smallest absolute Gasteiger partial charge is 0.247 e. The molecule has 2 aliphatic rings. The Bertz CT molecular complexity index is 1570. The molecule has 2 aliphatic heterocycles. The SMILES string of the molecule is CC(C)(C)c1cccc2c1oc1c3c(ccc12)B1c2ccccc2Sc2cccc(c21)S3. The van der Waals surface area contributed by atoms with Crippen molar-refractivity contribution in [1.29, 1.82) is 0 Å². The number of hydrogen-bond donors (Lipinski definition) is 0. The number of para-hydroxylation sites is 1. The van der Waals surface area contributed by atoms with Gasteiger partial charge < -0.3 is 4.42 Å². The van der Waals surface area contributed by atoms with Gasteiger partial charge in [0.2, 0.25) is 6.71 Å². The lowest BCUT2D eigenvalue weighted by atomic mass is 9.36. The molecule has 0 N–H and O–H groups in total. The van der Waals surface area contributed by atoms with E-state index >= 15 is 0 Å². The van der Waals surface area contributed by atoms with Gasteiger partial charge in [-0.05, 0) is 29.1 Å². The minimum Gasteiger partial charge on any atom is -0.455 e. The lowest BCUT2D eigenvalue weighted by molar-refractivity contribution is 0.571. The second-order valence-corrected chi connectivity index (χ2v) is 11.9. The Labute approximate surface area is 196 Å². The lowest BCUT2D eigenvalue weighted by Crippen LogP contribution is -2.57. The summed E-state index contributed by atoms with van der Waals surface area (Å²) in [5.74, 6) is 0. The number of benzene rings is 4. The molecule has 0 fully saturated rings. The topological polar surface area (TPSA) is 13.1 Å². The Hall–Kier alpha value is -2.56. The fourth-order valence-electron chi connectivity index (χ4n) is 5.28. The average Bonchev–Trinajstić information content (AvgIpc) is 3.17. The van der Waals surface area contributed by atoms with Crippen LogP contribution in [-0.2, 0) is 5.41 Å². The molecule has 4 heteroatoms. The summed E-state index contributed by atoms with van der Waals surface area (Å²) in [6.45, 7) is 7.03. The van der Waals surface area contributed by atoms with Gasteiger partial charge in [-0.15, -0.1) is 0 Å².